The van der Waals surface area contributed by atoms with E-state index in [0.29, 0.717) is 15.8 Å². The van der Waals surface area contributed by atoms with Crippen LogP contribution in [0.15, 0.2) is 42.5 Å². The smallest absolute Gasteiger partial charge is 0.258 e. The van der Waals surface area contributed by atoms with E-state index in [9.17, 15) is 4.79 Å². The van der Waals surface area contributed by atoms with Crippen LogP contribution >= 0.6 is 23.2 Å². The molecule has 1 atom stereocenters. The molecule has 0 aliphatic carbocycles. The van der Waals surface area contributed by atoms with E-state index in [2.05, 4.69) is 5.32 Å². The van der Waals surface area contributed by atoms with Crippen LogP contribution in [0, 0.1) is 6.92 Å². The minimum Gasteiger partial charge on any atom is -0.482 e. The lowest BCUT2D eigenvalue weighted by Gasteiger charge is -2.15. The highest BCUT2D eigenvalue weighted by Gasteiger charge is 2.11. The van der Waals surface area contributed by atoms with Gasteiger partial charge in [-0.1, -0.05) is 41.4 Å². The highest BCUT2D eigenvalue weighted by Crippen LogP contribution is 2.25. The maximum absolute atomic E-state index is 12.0. The molecule has 2 aromatic rings. The number of hydrogen-bond acceptors (Lipinski definition) is 2. The lowest BCUT2D eigenvalue weighted by molar-refractivity contribution is -0.123. The van der Waals surface area contributed by atoms with E-state index < -0.39 is 0 Å². The summed E-state index contributed by atoms with van der Waals surface area (Å²) in [6.45, 7) is 3.76. The van der Waals surface area contributed by atoms with Crippen LogP contribution in [0.25, 0.3) is 0 Å². The van der Waals surface area contributed by atoms with E-state index in [1.807, 2.05) is 32.0 Å². The fourth-order valence-electron chi connectivity index (χ4n) is 1.98. The van der Waals surface area contributed by atoms with E-state index in [-0.39, 0.29) is 18.6 Å². The number of benzene rings is 2. The van der Waals surface area contributed by atoms with Crippen LogP contribution in [-0.4, -0.2) is 12.5 Å². The Balaban J connectivity index is 1.90. The topological polar surface area (TPSA) is 38.3 Å². The Morgan fingerprint density at radius 3 is 2.55 bits per heavy atom. The Labute approximate surface area is 140 Å². The first-order chi connectivity index (χ1) is 10.5. The molecule has 1 unspecified atom stereocenters. The summed E-state index contributed by atoms with van der Waals surface area (Å²) in [5, 5.41) is 4.03. The van der Waals surface area contributed by atoms with Crippen molar-refractivity contribution in [3.63, 3.8) is 0 Å². The largest absolute Gasteiger partial charge is 0.482 e. The SMILES string of the molecule is Cc1ccc(Cl)c(OCC(=O)NC(C)c2ccc(Cl)cc2)c1. The molecule has 0 aliphatic heterocycles. The van der Waals surface area contributed by atoms with Crippen molar-refractivity contribution >= 4 is 29.1 Å². The number of nitrogens with one attached hydrogen (secondary N) is 1. The van der Waals surface area contributed by atoms with Gasteiger partial charge >= 0.3 is 0 Å². The molecule has 0 radical (unpaired) electrons. The first kappa shape index (κ1) is 16.7. The molecule has 5 heteroatoms. The van der Waals surface area contributed by atoms with Gasteiger partial charge < -0.3 is 10.1 Å². The summed E-state index contributed by atoms with van der Waals surface area (Å²) in [4.78, 5) is 12.0. The second-order valence-corrected chi connectivity index (χ2v) is 5.91. The minimum absolute atomic E-state index is 0.0822. The second-order valence-electron chi connectivity index (χ2n) is 5.06. The Kier molecular flexibility index (Phi) is 5.69. The van der Waals surface area contributed by atoms with Crippen LogP contribution < -0.4 is 10.1 Å². The van der Waals surface area contributed by atoms with E-state index in [4.69, 9.17) is 27.9 Å². The summed E-state index contributed by atoms with van der Waals surface area (Å²) in [6.07, 6.45) is 0. The van der Waals surface area contributed by atoms with Crippen LogP contribution in [0.2, 0.25) is 10.0 Å². The Morgan fingerprint density at radius 1 is 1.18 bits per heavy atom. The number of ether oxygens (including phenoxy) is 1. The molecular formula is C17H17Cl2NO2. The zero-order chi connectivity index (χ0) is 16.1. The molecule has 0 heterocycles. The third-order valence-corrected chi connectivity index (χ3v) is 3.76. The average Bonchev–Trinajstić information content (AvgIpc) is 2.49. The summed E-state index contributed by atoms with van der Waals surface area (Å²) in [6, 6.07) is 12.7. The molecule has 2 rings (SSSR count). The predicted octanol–water partition coefficient (Wildman–Crippen LogP) is 4.56. The molecule has 1 amide bonds. The average molecular weight is 338 g/mol. The normalized spacial score (nSPS) is 11.8. The summed E-state index contributed by atoms with van der Waals surface area (Å²) in [5.41, 5.74) is 2.00. The van der Waals surface area contributed by atoms with Gasteiger partial charge in [-0.2, -0.15) is 0 Å². The van der Waals surface area contributed by atoms with Gasteiger partial charge in [-0.05, 0) is 49.2 Å². The van der Waals surface area contributed by atoms with Crippen molar-refractivity contribution in [3.8, 4) is 5.75 Å². The van der Waals surface area contributed by atoms with Crippen molar-refractivity contribution in [1.82, 2.24) is 5.32 Å². The Morgan fingerprint density at radius 2 is 1.86 bits per heavy atom. The summed E-state index contributed by atoms with van der Waals surface area (Å²) >= 11 is 11.9. The van der Waals surface area contributed by atoms with Crippen molar-refractivity contribution < 1.29 is 9.53 Å². The van der Waals surface area contributed by atoms with Gasteiger partial charge in [-0.15, -0.1) is 0 Å². The van der Waals surface area contributed by atoms with Crippen LogP contribution in [0.1, 0.15) is 24.1 Å². The number of carbonyl (C=O) groups is 1. The molecule has 0 bridgehead atoms. The van der Waals surface area contributed by atoms with Crippen LogP contribution in [0.5, 0.6) is 5.75 Å². The molecule has 22 heavy (non-hydrogen) atoms. The van der Waals surface area contributed by atoms with Crippen molar-refractivity contribution in [2.24, 2.45) is 0 Å². The standard InChI is InChI=1S/C17H17Cl2NO2/c1-11-3-8-15(19)16(9-11)22-10-17(21)20-12(2)13-4-6-14(18)7-5-13/h3-9,12H,10H2,1-2H3,(H,20,21). The van der Waals surface area contributed by atoms with E-state index in [1.165, 1.54) is 0 Å². The first-order valence-corrected chi connectivity index (χ1v) is 7.65. The minimum atomic E-state index is -0.208. The van der Waals surface area contributed by atoms with Crippen molar-refractivity contribution in [1.29, 1.82) is 0 Å². The maximum atomic E-state index is 12.0. The molecular weight excluding hydrogens is 321 g/mol. The highest BCUT2D eigenvalue weighted by atomic mass is 35.5. The van der Waals surface area contributed by atoms with Gasteiger partial charge in [0.05, 0.1) is 11.1 Å². The van der Waals surface area contributed by atoms with Gasteiger partial charge in [0.15, 0.2) is 6.61 Å². The number of aryl methyl sites for hydroxylation is 1. The molecule has 1 N–H and O–H groups in total. The zero-order valence-electron chi connectivity index (χ0n) is 12.4. The fraction of sp³-hybridized carbons (Fsp3) is 0.235. The summed E-state index contributed by atoms with van der Waals surface area (Å²) < 4.78 is 5.47. The quantitative estimate of drug-likeness (QED) is 0.868. The van der Waals surface area contributed by atoms with Gasteiger partial charge in [0, 0.05) is 5.02 Å². The van der Waals surface area contributed by atoms with Crippen molar-refractivity contribution in [2.75, 3.05) is 6.61 Å². The Hall–Kier alpha value is -1.71. The lowest BCUT2D eigenvalue weighted by Crippen LogP contribution is -2.31. The zero-order valence-corrected chi connectivity index (χ0v) is 13.9. The molecule has 2 aromatic carbocycles. The third kappa shape index (κ3) is 4.65. The molecule has 0 aromatic heterocycles. The number of amides is 1. The maximum Gasteiger partial charge on any atom is 0.258 e. The molecule has 0 spiro atoms. The molecule has 0 saturated carbocycles. The number of hydrogen-bond donors (Lipinski definition) is 1. The van der Waals surface area contributed by atoms with E-state index in [0.717, 1.165) is 11.1 Å². The van der Waals surface area contributed by atoms with Gasteiger partial charge in [0.1, 0.15) is 5.75 Å². The van der Waals surface area contributed by atoms with Gasteiger partial charge in [0.25, 0.3) is 5.91 Å². The van der Waals surface area contributed by atoms with E-state index >= 15 is 0 Å². The summed E-state index contributed by atoms with van der Waals surface area (Å²) in [7, 11) is 0. The van der Waals surface area contributed by atoms with Crippen LogP contribution in [0.3, 0.4) is 0 Å². The number of carbonyl (C=O) groups excluding carboxylic acids is 1. The van der Waals surface area contributed by atoms with Gasteiger partial charge in [-0.3, -0.25) is 4.79 Å². The van der Waals surface area contributed by atoms with Gasteiger partial charge in [-0.25, -0.2) is 0 Å². The van der Waals surface area contributed by atoms with Crippen LogP contribution in [-0.2, 0) is 4.79 Å². The highest BCUT2D eigenvalue weighted by molar-refractivity contribution is 6.32. The number of halogens is 2. The van der Waals surface area contributed by atoms with Crippen molar-refractivity contribution in [2.45, 2.75) is 19.9 Å². The summed E-state index contributed by atoms with van der Waals surface area (Å²) in [5.74, 6) is 0.302. The van der Waals surface area contributed by atoms with E-state index in [1.54, 1.807) is 24.3 Å². The molecule has 3 nitrogen and oxygen atoms in total. The lowest BCUT2D eigenvalue weighted by atomic mass is 10.1. The van der Waals surface area contributed by atoms with Gasteiger partial charge in [0.2, 0.25) is 0 Å². The van der Waals surface area contributed by atoms with Crippen molar-refractivity contribution in [3.05, 3.63) is 63.6 Å². The molecule has 0 aliphatic rings. The first-order valence-electron chi connectivity index (χ1n) is 6.89. The fourth-order valence-corrected chi connectivity index (χ4v) is 2.28. The van der Waals surface area contributed by atoms with Crippen LogP contribution in [0.4, 0.5) is 0 Å². The Bertz CT molecular complexity index is 656. The molecule has 116 valence electrons. The second kappa shape index (κ2) is 7.52. The monoisotopic (exact) mass is 337 g/mol. The predicted molar refractivity (Wildman–Crippen MR) is 89.7 cm³/mol. The third-order valence-electron chi connectivity index (χ3n) is 3.19. The molecule has 0 fully saturated rings. The number of rotatable bonds is 5. The molecule has 0 saturated heterocycles.